The van der Waals surface area contributed by atoms with E-state index in [4.69, 9.17) is 23.7 Å². The van der Waals surface area contributed by atoms with Crippen LogP contribution in [0.1, 0.15) is 180 Å². The first kappa shape index (κ1) is 53.5. The average molecular weight is 935 g/mol. The van der Waals surface area contributed by atoms with Gasteiger partial charge in [-0.25, -0.2) is 14.4 Å². The van der Waals surface area contributed by atoms with Gasteiger partial charge in [0.05, 0.1) is 24.3 Å². The second kappa shape index (κ2) is 32.4. The Kier molecular flexibility index (Phi) is 25.1. The third-order valence-corrected chi connectivity index (χ3v) is 11.9. The summed E-state index contributed by atoms with van der Waals surface area (Å²) in [5.74, 6) is 1.17. The molecule has 0 saturated carbocycles. The molecule has 0 amide bonds. The first-order chi connectivity index (χ1) is 33.9. The van der Waals surface area contributed by atoms with Crippen molar-refractivity contribution in [1.29, 1.82) is 0 Å². The van der Waals surface area contributed by atoms with Gasteiger partial charge in [0.25, 0.3) is 0 Å². The number of esters is 3. The maximum absolute atomic E-state index is 12.9. The van der Waals surface area contributed by atoms with E-state index in [0.717, 1.165) is 47.5 Å². The van der Waals surface area contributed by atoms with Gasteiger partial charge in [0.2, 0.25) is 0 Å². The fraction of sp³-hybridized carbons (Fsp3) is 0.393. The Morgan fingerprint density at radius 3 is 1.20 bits per heavy atom. The van der Waals surface area contributed by atoms with Gasteiger partial charge in [-0.15, -0.1) is 0 Å². The first-order valence-electron chi connectivity index (χ1n) is 25.7. The molecular formula is C61H74O8. The van der Waals surface area contributed by atoms with Crippen LogP contribution in [0.4, 0.5) is 0 Å². The Hall–Kier alpha value is -6.41. The van der Waals surface area contributed by atoms with E-state index in [9.17, 15) is 14.4 Å². The van der Waals surface area contributed by atoms with Crippen molar-refractivity contribution >= 4 is 36.1 Å². The van der Waals surface area contributed by atoms with Gasteiger partial charge < -0.3 is 23.7 Å². The molecule has 5 aromatic rings. The summed E-state index contributed by atoms with van der Waals surface area (Å²) in [5.41, 5.74) is 3.32. The molecule has 0 aliphatic rings. The van der Waals surface area contributed by atoms with E-state index in [0.29, 0.717) is 41.6 Å². The van der Waals surface area contributed by atoms with E-state index in [1.54, 1.807) is 78.9 Å². The van der Waals surface area contributed by atoms with Crippen molar-refractivity contribution in [3.05, 3.63) is 155 Å². The molecule has 5 aromatic carbocycles. The standard InChI is InChI=1S/C61H74O8/c1-3-5-7-9-11-13-15-17-19-21-46-65-54-37-28-50(29-38-54)32-45-59(62)67-58-25-23-24-51(48-58)27-26-49-30-39-56(40-31-49)68-61(64)53-35-43-57(44-36-53)69-60(63)52-33-41-55(42-34-52)66-47-22-20-18-16-14-12-10-8-6-4-2/h23-45,48H,3-22,46-47H2,1-2H3/b27-26+,45-32+. The maximum Gasteiger partial charge on any atom is 0.343 e. The molecule has 0 aliphatic carbocycles. The highest BCUT2D eigenvalue weighted by Crippen LogP contribution is 2.22. The molecule has 0 saturated heterocycles. The van der Waals surface area contributed by atoms with Crippen molar-refractivity contribution in [2.45, 2.75) is 142 Å². The lowest BCUT2D eigenvalue weighted by molar-refractivity contribution is -0.128. The fourth-order valence-corrected chi connectivity index (χ4v) is 7.75. The van der Waals surface area contributed by atoms with E-state index >= 15 is 0 Å². The number of carbonyl (C=O) groups excluding carboxylic acids is 3. The number of rotatable bonds is 33. The third-order valence-electron chi connectivity index (χ3n) is 11.9. The molecule has 0 radical (unpaired) electrons. The molecule has 0 unspecified atom stereocenters. The summed E-state index contributed by atoms with van der Waals surface area (Å²) in [5, 5.41) is 0. The Bertz CT molecular complexity index is 2270. The minimum Gasteiger partial charge on any atom is -0.494 e. The lowest BCUT2D eigenvalue weighted by atomic mass is 10.1. The van der Waals surface area contributed by atoms with Gasteiger partial charge in [0, 0.05) is 6.08 Å². The number of ether oxygens (including phenoxy) is 5. The summed E-state index contributed by atoms with van der Waals surface area (Å²) in [7, 11) is 0. The van der Waals surface area contributed by atoms with Crippen molar-refractivity contribution in [1.82, 2.24) is 0 Å². The minimum atomic E-state index is -0.539. The van der Waals surface area contributed by atoms with Crippen molar-refractivity contribution < 1.29 is 38.1 Å². The number of hydrogen-bond acceptors (Lipinski definition) is 8. The molecule has 0 atom stereocenters. The Morgan fingerprint density at radius 2 is 0.739 bits per heavy atom. The van der Waals surface area contributed by atoms with Crippen LogP contribution in [-0.4, -0.2) is 31.1 Å². The molecule has 366 valence electrons. The first-order valence-corrected chi connectivity index (χ1v) is 25.7. The molecule has 0 heterocycles. The molecule has 69 heavy (non-hydrogen) atoms. The van der Waals surface area contributed by atoms with E-state index in [1.165, 1.54) is 115 Å². The van der Waals surface area contributed by atoms with Gasteiger partial charge in [0.15, 0.2) is 0 Å². The number of carbonyl (C=O) groups is 3. The monoisotopic (exact) mass is 935 g/mol. The van der Waals surface area contributed by atoms with Crippen molar-refractivity contribution in [2.75, 3.05) is 13.2 Å². The Morgan fingerprint density at radius 1 is 0.362 bits per heavy atom. The van der Waals surface area contributed by atoms with Crippen LogP contribution in [0, 0.1) is 0 Å². The predicted octanol–water partition coefficient (Wildman–Crippen LogP) is 16.5. The van der Waals surface area contributed by atoms with Crippen LogP contribution >= 0.6 is 0 Å². The number of benzene rings is 5. The second-order valence-corrected chi connectivity index (χ2v) is 17.7. The molecule has 0 fully saturated rings. The number of hydrogen-bond donors (Lipinski definition) is 0. The number of unbranched alkanes of at least 4 members (excludes halogenated alkanes) is 18. The smallest absolute Gasteiger partial charge is 0.343 e. The maximum atomic E-state index is 12.9. The minimum absolute atomic E-state index is 0.312. The zero-order valence-electron chi connectivity index (χ0n) is 41.2. The van der Waals surface area contributed by atoms with E-state index < -0.39 is 17.9 Å². The Balaban J connectivity index is 0.960. The summed E-state index contributed by atoms with van der Waals surface area (Å²) in [4.78, 5) is 38.4. The zero-order chi connectivity index (χ0) is 48.6. The molecule has 0 N–H and O–H groups in total. The quantitative estimate of drug-likeness (QED) is 0.0135. The Labute approximate surface area is 412 Å². The van der Waals surface area contributed by atoms with Crippen LogP contribution in [0.25, 0.3) is 18.2 Å². The van der Waals surface area contributed by atoms with Gasteiger partial charge in [-0.1, -0.05) is 178 Å². The summed E-state index contributed by atoms with van der Waals surface area (Å²) in [6.45, 7) is 5.88. The largest absolute Gasteiger partial charge is 0.494 e. The van der Waals surface area contributed by atoms with Crippen LogP contribution in [0.15, 0.2) is 127 Å². The third kappa shape index (κ3) is 22.1. The lowest BCUT2D eigenvalue weighted by Gasteiger charge is -2.08. The summed E-state index contributed by atoms with van der Waals surface area (Å²) >= 11 is 0. The topological polar surface area (TPSA) is 97.4 Å². The van der Waals surface area contributed by atoms with Crippen molar-refractivity contribution in [2.24, 2.45) is 0 Å². The molecule has 0 aromatic heterocycles. The molecule has 0 spiro atoms. The summed E-state index contributed by atoms with van der Waals surface area (Å²) < 4.78 is 28.5. The lowest BCUT2D eigenvalue weighted by Crippen LogP contribution is -2.10. The normalized spacial score (nSPS) is 11.2. The van der Waals surface area contributed by atoms with Gasteiger partial charge >= 0.3 is 17.9 Å². The van der Waals surface area contributed by atoms with Crippen LogP contribution in [0.2, 0.25) is 0 Å². The van der Waals surface area contributed by atoms with Crippen LogP contribution in [0.5, 0.6) is 28.7 Å². The molecular weight excluding hydrogens is 861 g/mol. The van der Waals surface area contributed by atoms with Gasteiger partial charge in [-0.05, 0) is 121 Å². The van der Waals surface area contributed by atoms with E-state index in [2.05, 4.69) is 13.8 Å². The summed E-state index contributed by atoms with van der Waals surface area (Å²) in [6, 6.07) is 35.3. The van der Waals surface area contributed by atoms with E-state index in [-0.39, 0.29) is 0 Å². The highest BCUT2D eigenvalue weighted by molar-refractivity contribution is 5.93. The molecule has 8 heteroatoms. The van der Waals surface area contributed by atoms with Crippen LogP contribution < -0.4 is 23.7 Å². The summed E-state index contributed by atoms with van der Waals surface area (Å²) in [6.07, 6.45) is 32.7. The van der Waals surface area contributed by atoms with Crippen LogP contribution in [0.3, 0.4) is 0 Å². The van der Waals surface area contributed by atoms with Gasteiger partial charge in [-0.2, -0.15) is 0 Å². The van der Waals surface area contributed by atoms with Gasteiger partial charge in [0.1, 0.15) is 28.7 Å². The molecule has 0 aliphatic heterocycles. The molecule has 0 bridgehead atoms. The van der Waals surface area contributed by atoms with Crippen LogP contribution in [-0.2, 0) is 4.79 Å². The highest BCUT2D eigenvalue weighted by atomic mass is 16.5. The zero-order valence-corrected chi connectivity index (χ0v) is 41.2. The van der Waals surface area contributed by atoms with Crippen molar-refractivity contribution in [3.8, 4) is 28.7 Å². The SMILES string of the molecule is CCCCCCCCCCCCOc1ccc(/C=C/C(=O)Oc2cccc(/C=C/c3ccc(OC(=O)c4ccc(OC(=O)c5ccc(OCCCCCCCCCCCC)cc5)cc4)cc3)c2)cc1. The predicted molar refractivity (Wildman–Crippen MR) is 280 cm³/mol. The fourth-order valence-electron chi connectivity index (χ4n) is 7.75. The van der Waals surface area contributed by atoms with Gasteiger partial charge in [-0.3, -0.25) is 0 Å². The molecule has 5 rings (SSSR count). The molecule has 8 nitrogen and oxygen atoms in total. The average Bonchev–Trinajstić information content (AvgIpc) is 3.37. The van der Waals surface area contributed by atoms with Crippen molar-refractivity contribution in [3.63, 3.8) is 0 Å². The van der Waals surface area contributed by atoms with E-state index in [1.807, 2.05) is 60.7 Å². The highest BCUT2D eigenvalue weighted by Gasteiger charge is 2.13. The second-order valence-electron chi connectivity index (χ2n) is 17.7.